The number of rotatable bonds is 3. The molecule has 1 aliphatic rings. The predicted octanol–water partition coefficient (Wildman–Crippen LogP) is 5.05. The Bertz CT molecular complexity index is 1220. The summed E-state index contributed by atoms with van der Waals surface area (Å²) in [5, 5.41) is 14.9. The number of amides is 1. The monoisotopic (exact) mass is 434 g/mol. The Labute approximate surface area is 185 Å². The number of aromatic nitrogens is 1. The average Bonchev–Trinajstić information content (AvgIpc) is 3.28. The second-order valence-corrected chi connectivity index (χ2v) is 8.84. The molecule has 1 amide bonds. The van der Waals surface area contributed by atoms with E-state index in [2.05, 4.69) is 25.9 Å². The maximum atomic E-state index is 13.4. The van der Waals surface area contributed by atoms with E-state index in [1.807, 2.05) is 24.3 Å². The fourth-order valence-corrected chi connectivity index (χ4v) is 3.78. The number of Topliss-reactive ketones (excluding diaryl/α,β-unsaturated/α-hetero) is 1. The molecule has 0 bridgehead atoms. The van der Waals surface area contributed by atoms with Crippen LogP contribution in [0.5, 0.6) is 0 Å². The second-order valence-electron chi connectivity index (χ2n) is 8.84. The summed E-state index contributed by atoms with van der Waals surface area (Å²) < 4.78 is 18.5. The molecule has 6 nitrogen and oxygen atoms in total. The van der Waals surface area contributed by atoms with Gasteiger partial charge in [-0.2, -0.15) is 0 Å². The highest BCUT2D eigenvalue weighted by Crippen LogP contribution is 2.42. The standard InChI is InChI=1S/C25H23FN2O4/c1-14-13-19(27-32-14)28-21(15-5-9-17(10-6-15)25(2,3)4)20(23(30)24(28)31)22(29)16-7-11-18(26)12-8-16/h5-13,21,29H,1-4H3/b22-20+. The third kappa shape index (κ3) is 3.70. The van der Waals surface area contributed by atoms with E-state index in [0.29, 0.717) is 11.3 Å². The summed E-state index contributed by atoms with van der Waals surface area (Å²) in [6.45, 7) is 7.93. The van der Waals surface area contributed by atoms with E-state index in [4.69, 9.17) is 4.52 Å². The van der Waals surface area contributed by atoms with Crippen LogP contribution in [0.1, 0.15) is 49.3 Å². The molecule has 0 radical (unpaired) electrons. The van der Waals surface area contributed by atoms with Gasteiger partial charge in [0.2, 0.25) is 0 Å². The van der Waals surface area contributed by atoms with Gasteiger partial charge in [-0.25, -0.2) is 4.39 Å². The first-order chi connectivity index (χ1) is 15.1. The van der Waals surface area contributed by atoms with E-state index in [1.54, 1.807) is 13.0 Å². The maximum absolute atomic E-state index is 13.4. The highest BCUT2D eigenvalue weighted by molar-refractivity contribution is 6.51. The van der Waals surface area contributed by atoms with Crippen LogP contribution in [-0.4, -0.2) is 22.0 Å². The zero-order chi connectivity index (χ0) is 23.2. The molecule has 1 fully saturated rings. The third-order valence-corrected chi connectivity index (χ3v) is 5.52. The molecule has 1 atom stereocenters. The first-order valence-corrected chi connectivity index (χ1v) is 10.2. The second kappa shape index (κ2) is 7.75. The smallest absolute Gasteiger partial charge is 0.301 e. The van der Waals surface area contributed by atoms with Crippen molar-refractivity contribution in [2.75, 3.05) is 4.90 Å². The van der Waals surface area contributed by atoms with Crippen LogP contribution in [0.4, 0.5) is 10.2 Å². The molecule has 2 heterocycles. The van der Waals surface area contributed by atoms with Crippen molar-refractivity contribution in [1.29, 1.82) is 0 Å². The molecule has 0 saturated carbocycles. The van der Waals surface area contributed by atoms with Crippen LogP contribution < -0.4 is 4.90 Å². The molecule has 4 rings (SSSR count). The summed E-state index contributed by atoms with van der Waals surface area (Å²) in [7, 11) is 0. The van der Waals surface area contributed by atoms with Gasteiger partial charge in [-0.05, 0) is 47.7 Å². The number of hydrogen-bond acceptors (Lipinski definition) is 5. The van der Waals surface area contributed by atoms with Crippen molar-refractivity contribution in [2.45, 2.75) is 39.2 Å². The number of hydrogen-bond donors (Lipinski definition) is 1. The highest BCUT2D eigenvalue weighted by atomic mass is 19.1. The van der Waals surface area contributed by atoms with Crippen LogP contribution in [0, 0.1) is 12.7 Å². The first kappa shape index (κ1) is 21.5. The molecule has 1 saturated heterocycles. The van der Waals surface area contributed by atoms with Crippen LogP contribution in [-0.2, 0) is 15.0 Å². The van der Waals surface area contributed by atoms with E-state index in [-0.39, 0.29) is 28.1 Å². The Morgan fingerprint density at radius 3 is 2.22 bits per heavy atom. The van der Waals surface area contributed by atoms with Crippen LogP contribution in [0.3, 0.4) is 0 Å². The van der Waals surface area contributed by atoms with Gasteiger partial charge in [0.25, 0.3) is 5.78 Å². The van der Waals surface area contributed by atoms with Crippen molar-refractivity contribution < 1.29 is 23.6 Å². The average molecular weight is 434 g/mol. The normalized spacial score (nSPS) is 18.4. The summed E-state index contributed by atoms with van der Waals surface area (Å²) in [6, 6.07) is 13.2. The van der Waals surface area contributed by atoms with Gasteiger partial charge in [0.15, 0.2) is 5.82 Å². The molecule has 7 heteroatoms. The molecule has 0 spiro atoms. The van der Waals surface area contributed by atoms with Gasteiger partial charge in [0.05, 0.1) is 11.6 Å². The Balaban J connectivity index is 1.91. The topological polar surface area (TPSA) is 83.6 Å². The van der Waals surface area contributed by atoms with Crippen molar-refractivity contribution in [2.24, 2.45) is 0 Å². The third-order valence-electron chi connectivity index (χ3n) is 5.52. The summed E-state index contributed by atoms with van der Waals surface area (Å²) in [5.41, 5.74) is 1.76. The Morgan fingerprint density at radius 1 is 1.06 bits per heavy atom. The van der Waals surface area contributed by atoms with Gasteiger partial charge in [-0.15, -0.1) is 0 Å². The number of carbonyl (C=O) groups is 2. The molecule has 1 aromatic heterocycles. The molecule has 2 aromatic carbocycles. The molecular formula is C25H23FN2O4. The predicted molar refractivity (Wildman–Crippen MR) is 118 cm³/mol. The fraction of sp³-hybridized carbons (Fsp3) is 0.240. The van der Waals surface area contributed by atoms with E-state index in [0.717, 1.165) is 5.56 Å². The van der Waals surface area contributed by atoms with E-state index in [9.17, 15) is 19.1 Å². The van der Waals surface area contributed by atoms with E-state index < -0.39 is 23.5 Å². The van der Waals surface area contributed by atoms with Crippen molar-refractivity contribution >= 4 is 23.3 Å². The molecule has 1 unspecified atom stereocenters. The summed E-state index contributed by atoms with van der Waals surface area (Å²) in [6.07, 6.45) is 0. The lowest BCUT2D eigenvalue weighted by molar-refractivity contribution is -0.132. The number of anilines is 1. The summed E-state index contributed by atoms with van der Waals surface area (Å²) >= 11 is 0. The van der Waals surface area contributed by atoms with Crippen LogP contribution in [0.2, 0.25) is 0 Å². The van der Waals surface area contributed by atoms with E-state index >= 15 is 0 Å². The Kier molecular flexibility index (Phi) is 5.20. The van der Waals surface area contributed by atoms with Crippen molar-refractivity contribution in [3.8, 4) is 0 Å². The lowest BCUT2D eigenvalue weighted by Gasteiger charge is -2.24. The molecular weight excluding hydrogens is 411 g/mol. The van der Waals surface area contributed by atoms with Crippen LogP contribution in [0.15, 0.2) is 64.7 Å². The van der Waals surface area contributed by atoms with Crippen molar-refractivity contribution in [3.63, 3.8) is 0 Å². The van der Waals surface area contributed by atoms with Gasteiger partial charge in [-0.1, -0.05) is 50.2 Å². The highest BCUT2D eigenvalue weighted by Gasteiger charge is 2.48. The largest absolute Gasteiger partial charge is 0.507 e. The Hall–Kier alpha value is -3.74. The van der Waals surface area contributed by atoms with Crippen molar-refractivity contribution in [1.82, 2.24) is 5.16 Å². The SMILES string of the molecule is Cc1cc(N2C(=O)C(=O)/C(=C(/O)c3ccc(F)cc3)C2c2ccc(C(C)(C)C)cc2)no1. The van der Waals surface area contributed by atoms with Gasteiger partial charge in [0.1, 0.15) is 17.3 Å². The number of aryl methyl sites for hydroxylation is 1. The number of carbonyl (C=O) groups excluding carboxylic acids is 2. The molecule has 1 aliphatic heterocycles. The quantitative estimate of drug-likeness (QED) is 0.354. The van der Waals surface area contributed by atoms with Crippen molar-refractivity contribution in [3.05, 3.63) is 88.4 Å². The lowest BCUT2D eigenvalue weighted by atomic mass is 9.85. The number of aliphatic hydroxyl groups is 1. The van der Waals surface area contributed by atoms with Gasteiger partial charge < -0.3 is 9.63 Å². The first-order valence-electron chi connectivity index (χ1n) is 10.2. The number of nitrogens with zero attached hydrogens (tertiary/aromatic N) is 2. The molecule has 32 heavy (non-hydrogen) atoms. The zero-order valence-electron chi connectivity index (χ0n) is 18.2. The van der Waals surface area contributed by atoms with Gasteiger partial charge in [0, 0.05) is 11.6 Å². The fourth-order valence-electron chi connectivity index (χ4n) is 3.78. The van der Waals surface area contributed by atoms with Gasteiger partial charge >= 0.3 is 5.91 Å². The molecule has 164 valence electrons. The van der Waals surface area contributed by atoms with E-state index in [1.165, 1.54) is 29.2 Å². The molecule has 3 aromatic rings. The summed E-state index contributed by atoms with van der Waals surface area (Å²) in [5.74, 6) is -1.88. The maximum Gasteiger partial charge on any atom is 0.301 e. The minimum Gasteiger partial charge on any atom is -0.507 e. The number of halogens is 1. The lowest BCUT2D eigenvalue weighted by Crippen LogP contribution is -2.29. The zero-order valence-corrected chi connectivity index (χ0v) is 18.2. The Morgan fingerprint density at radius 2 is 1.69 bits per heavy atom. The minimum atomic E-state index is -0.918. The number of aliphatic hydroxyl groups excluding tert-OH is 1. The van der Waals surface area contributed by atoms with Gasteiger partial charge in [-0.3, -0.25) is 14.5 Å². The molecule has 0 aliphatic carbocycles. The summed E-state index contributed by atoms with van der Waals surface area (Å²) in [4.78, 5) is 27.3. The van der Waals surface area contributed by atoms with Crippen LogP contribution in [0.25, 0.3) is 5.76 Å². The number of benzene rings is 2. The van der Waals surface area contributed by atoms with Crippen LogP contribution >= 0.6 is 0 Å². The number of ketones is 1. The minimum absolute atomic E-state index is 0.0856. The molecule has 1 N–H and O–H groups in total.